The minimum absolute atomic E-state index is 0.00428. The first-order valence-electron chi connectivity index (χ1n) is 8.62. The number of aromatic nitrogens is 1. The molecule has 0 atom stereocenters. The summed E-state index contributed by atoms with van der Waals surface area (Å²) in [5.74, 6) is 0. The maximum atomic E-state index is 4.70. The molecule has 1 aliphatic carbocycles. The average molecular weight is 317 g/mol. The lowest BCUT2D eigenvalue weighted by atomic mass is 9.59. The molecule has 0 aliphatic heterocycles. The molecular weight excluding hydrogens is 290 g/mol. The van der Waals surface area contributed by atoms with Gasteiger partial charge in [-0.3, -0.25) is 4.98 Å². The molecule has 1 aromatic carbocycles. The van der Waals surface area contributed by atoms with Gasteiger partial charge in [0.15, 0.2) is 0 Å². The number of pyridine rings is 1. The number of hydrogen-bond donors (Lipinski definition) is 0. The molecule has 0 spiro atoms. The third-order valence-corrected chi connectivity index (χ3v) is 6.10. The van der Waals surface area contributed by atoms with Crippen molar-refractivity contribution in [3.8, 4) is 11.3 Å². The number of hydrogen-bond acceptors (Lipinski definition) is 1. The second-order valence-electron chi connectivity index (χ2n) is 7.91. The molecule has 124 valence electrons. The fraction of sp³-hybridized carbons (Fsp3) is 0.348. The summed E-state index contributed by atoms with van der Waals surface area (Å²) in [6, 6.07) is 10.9. The molecule has 1 aliphatic rings. The van der Waals surface area contributed by atoms with Crippen LogP contribution in [0.2, 0.25) is 0 Å². The van der Waals surface area contributed by atoms with Gasteiger partial charge in [-0.2, -0.15) is 0 Å². The lowest BCUT2D eigenvalue weighted by Crippen LogP contribution is -2.36. The second kappa shape index (κ2) is 5.44. The number of allylic oxidation sites excluding steroid dienone is 2. The van der Waals surface area contributed by atoms with Crippen LogP contribution in [0.15, 0.2) is 54.3 Å². The van der Waals surface area contributed by atoms with Gasteiger partial charge in [-0.1, -0.05) is 75.8 Å². The van der Waals surface area contributed by atoms with Gasteiger partial charge in [0.2, 0.25) is 0 Å². The Morgan fingerprint density at radius 2 is 1.58 bits per heavy atom. The molecule has 1 aromatic heterocycles. The van der Waals surface area contributed by atoms with Crippen LogP contribution >= 0.6 is 0 Å². The highest BCUT2D eigenvalue weighted by molar-refractivity contribution is 5.72. The summed E-state index contributed by atoms with van der Waals surface area (Å²) < 4.78 is 0. The normalized spacial score (nSPS) is 18.2. The summed E-state index contributed by atoms with van der Waals surface area (Å²) in [6.07, 6.45) is 3.73. The molecular formula is C23H27N. The molecule has 0 saturated carbocycles. The molecule has 0 N–H and O–H groups in total. The molecule has 24 heavy (non-hydrogen) atoms. The van der Waals surface area contributed by atoms with E-state index in [0.29, 0.717) is 0 Å². The molecule has 0 bridgehead atoms. The van der Waals surface area contributed by atoms with Gasteiger partial charge in [-0.05, 0) is 36.6 Å². The predicted molar refractivity (Wildman–Crippen MR) is 104 cm³/mol. The third-order valence-electron chi connectivity index (χ3n) is 6.10. The van der Waals surface area contributed by atoms with Crippen molar-refractivity contribution in [2.45, 2.75) is 52.4 Å². The maximum Gasteiger partial charge on any atom is 0.0705 e. The Balaban J connectivity index is 2.31. The molecule has 2 aromatic rings. The zero-order chi connectivity index (χ0) is 17.7. The van der Waals surface area contributed by atoms with Crippen molar-refractivity contribution in [2.75, 3.05) is 0 Å². The first-order chi connectivity index (χ1) is 11.2. The van der Waals surface area contributed by atoms with Crippen molar-refractivity contribution in [3.63, 3.8) is 0 Å². The molecule has 0 fully saturated rings. The van der Waals surface area contributed by atoms with Crippen molar-refractivity contribution >= 4 is 6.08 Å². The van der Waals surface area contributed by atoms with E-state index in [1.807, 2.05) is 12.3 Å². The van der Waals surface area contributed by atoms with Gasteiger partial charge < -0.3 is 0 Å². The predicted octanol–water partition coefficient (Wildman–Crippen LogP) is 6.30. The fourth-order valence-corrected chi connectivity index (χ4v) is 3.97. The largest absolute Gasteiger partial charge is 0.256 e. The number of benzene rings is 1. The van der Waals surface area contributed by atoms with E-state index in [0.717, 1.165) is 11.3 Å². The van der Waals surface area contributed by atoms with Crippen LogP contribution in [0.25, 0.3) is 17.3 Å². The van der Waals surface area contributed by atoms with Crippen LogP contribution in [-0.2, 0) is 10.8 Å². The smallest absolute Gasteiger partial charge is 0.0705 e. The highest BCUT2D eigenvalue weighted by atomic mass is 14.7. The number of fused-ring (bicyclic) bond motifs is 1. The van der Waals surface area contributed by atoms with Gasteiger partial charge in [0.25, 0.3) is 0 Å². The summed E-state index contributed by atoms with van der Waals surface area (Å²) in [5, 5.41) is 0. The lowest BCUT2D eigenvalue weighted by Gasteiger charge is -2.45. The Kier molecular flexibility index (Phi) is 3.79. The van der Waals surface area contributed by atoms with Crippen molar-refractivity contribution in [3.05, 3.63) is 70.9 Å². The Hall–Kier alpha value is -2.15. The minimum Gasteiger partial charge on any atom is -0.256 e. The average Bonchev–Trinajstić information content (AvgIpc) is 2.58. The second-order valence-corrected chi connectivity index (χ2v) is 7.91. The molecule has 1 heterocycles. The van der Waals surface area contributed by atoms with Crippen LogP contribution in [0, 0.1) is 0 Å². The molecule has 0 saturated heterocycles. The van der Waals surface area contributed by atoms with E-state index in [1.54, 1.807) is 0 Å². The van der Waals surface area contributed by atoms with E-state index < -0.39 is 0 Å². The Labute approximate surface area is 146 Å². The lowest BCUT2D eigenvalue weighted by molar-refractivity contribution is 0.505. The van der Waals surface area contributed by atoms with E-state index in [4.69, 9.17) is 4.98 Å². The Morgan fingerprint density at radius 1 is 0.917 bits per heavy atom. The molecule has 1 nitrogen and oxygen atoms in total. The first kappa shape index (κ1) is 16.7. The van der Waals surface area contributed by atoms with Gasteiger partial charge in [0, 0.05) is 22.6 Å². The summed E-state index contributed by atoms with van der Waals surface area (Å²) in [5.41, 5.74) is 9.16. The van der Waals surface area contributed by atoms with Crippen LogP contribution < -0.4 is 0 Å². The van der Waals surface area contributed by atoms with E-state index in [-0.39, 0.29) is 10.8 Å². The zero-order valence-corrected chi connectivity index (χ0v) is 15.7. The Bertz CT molecular complexity index is 833. The fourth-order valence-electron chi connectivity index (χ4n) is 3.97. The van der Waals surface area contributed by atoms with Crippen LogP contribution in [0.3, 0.4) is 0 Å². The van der Waals surface area contributed by atoms with Crippen molar-refractivity contribution in [2.24, 2.45) is 0 Å². The van der Waals surface area contributed by atoms with E-state index >= 15 is 0 Å². The zero-order valence-electron chi connectivity index (χ0n) is 15.7. The van der Waals surface area contributed by atoms with E-state index in [2.05, 4.69) is 78.5 Å². The van der Waals surface area contributed by atoms with Crippen LogP contribution in [0.4, 0.5) is 0 Å². The summed E-state index contributed by atoms with van der Waals surface area (Å²) in [4.78, 5) is 4.70. The van der Waals surface area contributed by atoms with Crippen LogP contribution in [0.5, 0.6) is 0 Å². The van der Waals surface area contributed by atoms with E-state index in [1.165, 1.54) is 27.8 Å². The van der Waals surface area contributed by atoms with Gasteiger partial charge in [-0.25, -0.2) is 0 Å². The quantitative estimate of drug-likeness (QED) is 0.592. The molecule has 0 unspecified atom stereocenters. The van der Waals surface area contributed by atoms with Crippen molar-refractivity contribution in [1.29, 1.82) is 0 Å². The standard InChI is InChI=1S/C23H27N/c1-8-17-12-13-20(24-14-17)18-10-9-11-19-21(18)23(6,7)16(3)15(2)22(19,4)5/h8-14H,1H2,2-7H3. The molecule has 0 amide bonds. The number of rotatable bonds is 2. The van der Waals surface area contributed by atoms with Crippen molar-refractivity contribution < 1.29 is 0 Å². The van der Waals surface area contributed by atoms with E-state index in [9.17, 15) is 0 Å². The Morgan fingerprint density at radius 3 is 2.17 bits per heavy atom. The molecule has 0 radical (unpaired) electrons. The SMILES string of the molecule is C=Cc1ccc(-c2cccc3c2C(C)(C)C(C)=C(C)C3(C)C)nc1. The van der Waals surface area contributed by atoms with Gasteiger partial charge in [0.05, 0.1) is 5.69 Å². The van der Waals surface area contributed by atoms with Crippen LogP contribution in [0.1, 0.15) is 58.2 Å². The highest BCUT2D eigenvalue weighted by Gasteiger charge is 2.41. The summed E-state index contributed by atoms with van der Waals surface area (Å²) in [6.45, 7) is 17.7. The highest BCUT2D eigenvalue weighted by Crippen LogP contribution is 2.51. The number of nitrogens with zero attached hydrogens (tertiary/aromatic N) is 1. The van der Waals surface area contributed by atoms with Crippen molar-refractivity contribution in [1.82, 2.24) is 4.98 Å². The summed E-state index contributed by atoms with van der Waals surface area (Å²) in [7, 11) is 0. The topological polar surface area (TPSA) is 12.9 Å². The maximum absolute atomic E-state index is 4.70. The molecule has 1 heteroatoms. The van der Waals surface area contributed by atoms with Gasteiger partial charge >= 0.3 is 0 Å². The minimum atomic E-state index is 0.00428. The monoisotopic (exact) mass is 317 g/mol. The van der Waals surface area contributed by atoms with Crippen LogP contribution in [-0.4, -0.2) is 4.98 Å². The molecule has 3 rings (SSSR count). The van der Waals surface area contributed by atoms with Gasteiger partial charge in [0.1, 0.15) is 0 Å². The summed E-state index contributed by atoms with van der Waals surface area (Å²) >= 11 is 0. The van der Waals surface area contributed by atoms with Gasteiger partial charge in [-0.15, -0.1) is 0 Å². The first-order valence-corrected chi connectivity index (χ1v) is 8.62. The third kappa shape index (κ3) is 2.26.